The first-order valence-corrected chi connectivity index (χ1v) is 7.52. The molecule has 0 aromatic carbocycles. The third-order valence-corrected chi connectivity index (χ3v) is 4.20. The average molecular weight is 311 g/mol. The largest absolute Gasteiger partial charge is 0.481 e. The fourth-order valence-electron chi connectivity index (χ4n) is 2.72. The van der Waals surface area contributed by atoms with Crippen molar-refractivity contribution in [2.24, 2.45) is 5.92 Å². The maximum atomic E-state index is 12.3. The van der Waals surface area contributed by atoms with Gasteiger partial charge in [-0.15, -0.1) is 0 Å². The molecule has 21 heavy (non-hydrogen) atoms. The molecule has 1 aromatic rings. The predicted octanol–water partition coefficient (Wildman–Crippen LogP) is 2.81. The van der Waals surface area contributed by atoms with Crippen molar-refractivity contribution in [1.82, 2.24) is 10.3 Å². The average Bonchev–Trinajstić information content (AvgIpc) is 2.63. The first kappa shape index (κ1) is 15.8. The van der Waals surface area contributed by atoms with Gasteiger partial charge in [-0.25, -0.2) is 0 Å². The number of aliphatic carboxylic acids is 1. The number of hydrogen-bond acceptors (Lipinski definition) is 3. The van der Waals surface area contributed by atoms with E-state index in [1.807, 2.05) is 0 Å². The Hall–Kier alpha value is -1.62. The van der Waals surface area contributed by atoms with E-state index >= 15 is 0 Å². The molecule has 1 aliphatic carbocycles. The van der Waals surface area contributed by atoms with E-state index in [1.165, 1.54) is 6.20 Å². The second kappa shape index (κ2) is 6.89. The van der Waals surface area contributed by atoms with Crippen LogP contribution in [-0.4, -0.2) is 28.0 Å². The summed E-state index contributed by atoms with van der Waals surface area (Å²) in [7, 11) is 0. The van der Waals surface area contributed by atoms with Gasteiger partial charge in [0.25, 0.3) is 5.91 Å². The van der Waals surface area contributed by atoms with Gasteiger partial charge in [-0.3, -0.25) is 14.6 Å². The van der Waals surface area contributed by atoms with Gasteiger partial charge >= 0.3 is 5.97 Å². The molecular weight excluding hydrogens is 292 g/mol. The Morgan fingerprint density at radius 2 is 2.05 bits per heavy atom. The van der Waals surface area contributed by atoms with Crippen molar-refractivity contribution >= 4 is 23.5 Å². The first-order valence-electron chi connectivity index (χ1n) is 7.15. The maximum Gasteiger partial charge on any atom is 0.308 e. The number of aromatic nitrogens is 1. The number of carboxylic acids is 1. The second-order valence-electron chi connectivity index (χ2n) is 5.47. The molecule has 2 N–H and O–H groups in total. The van der Waals surface area contributed by atoms with Crippen LogP contribution < -0.4 is 5.32 Å². The first-order chi connectivity index (χ1) is 9.99. The Morgan fingerprint density at radius 3 is 2.71 bits per heavy atom. The number of rotatable bonds is 3. The molecule has 2 atom stereocenters. The third kappa shape index (κ3) is 3.94. The number of carbonyl (C=O) groups excluding carboxylic acids is 1. The van der Waals surface area contributed by atoms with E-state index in [4.69, 9.17) is 11.6 Å². The molecule has 0 saturated heterocycles. The fourth-order valence-corrected chi connectivity index (χ4v) is 3.01. The van der Waals surface area contributed by atoms with Crippen molar-refractivity contribution in [2.75, 3.05) is 0 Å². The molecule has 1 saturated carbocycles. The minimum absolute atomic E-state index is 0.288. The van der Waals surface area contributed by atoms with Gasteiger partial charge in [-0.2, -0.15) is 0 Å². The Labute approximate surface area is 128 Å². The third-order valence-electron chi connectivity index (χ3n) is 3.88. The summed E-state index contributed by atoms with van der Waals surface area (Å²) in [6.07, 6.45) is 5.52. The van der Waals surface area contributed by atoms with Crippen molar-refractivity contribution in [2.45, 2.75) is 45.1 Å². The van der Waals surface area contributed by atoms with Crippen molar-refractivity contribution < 1.29 is 14.7 Å². The van der Waals surface area contributed by atoms with Gasteiger partial charge in [0.1, 0.15) is 0 Å². The summed E-state index contributed by atoms with van der Waals surface area (Å²) in [5.41, 5.74) is 1.02. The van der Waals surface area contributed by atoms with Crippen molar-refractivity contribution in [1.29, 1.82) is 0 Å². The molecule has 1 amide bonds. The maximum absolute atomic E-state index is 12.3. The van der Waals surface area contributed by atoms with Gasteiger partial charge in [-0.1, -0.05) is 30.9 Å². The summed E-state index contributed by atoms with van der Waals surface area (Å²) < 4.78 is 0. The van der Waals surface area contributed by atoms with Gasteiger partial charge in [0, 0.05) is 17.9 Å². The number of aryl methyl sites for hydroxylation is 1. The van der Waals surface area contributed by atoms with E-state index in [2.05, 4.69) is 10.3 Å². The van der Waals surface area contributed by atoms with Crippen molar-refractivity contribution in [3.63, 3.8) is 0 Å². The summed E-state index contributed by atoms with van der Waals surface area (Å²) in [5, 5.41) is 12.5. The number of hydrogen-bond donors (Lipinski definition) is 2. The SMILES string of the molecule is Cc1cc(Cl)c(C(=O)NC2CCCCCC2C(=O)O)cn1. The van der Waals surface area contributed by atoms with E-state index in [1.54, 1.807) is 13.0 Å². The molecule has 2 unspecified atom stereocenters. The summed E-state index contributed by atoms with van der Waals surface area (Å²) in [5.74, 6) is -1.74. The highest BCUT2D eigenvalue weighted by molar-refractivity contribution is 6.33. The Bertz CT molecular complexity index is 548. The Morgan fingerprint density at radius 1 is 1.33 bits per heavy atom. The van der Waals surface area contributed by atoms with Gasteiger partial charge in [-0.05, 0) is 25.8 Å². The number of nitrogens with one attached hydrogen (secondary N) is 1. The zero-order chi connectivity index (χ0) is 15.4. The molecule has 0 aliphatic heterocycles. The van der Waals surface area contributed by atoms with Crippen LogP contribution >= 0.6 is 11.6 Å². The normalized spacial score (nSPS) is 22.4. The van der Waals surface area contributed by atoms with Crippen LogP contribution in [0.3, 0.4) is 0 Å². The molecule has 0 radical (unpaired) electrons. The van der Waals surface area contributed by atoms with Crippen LogP contribution in [0, 0.1) is 12.8 Å². The van der Waals surface area contributed by atoms with Crippen molar-refractivity contribution in [3.8, 4) is 0 Å². The van der Waals surface area contributed by atoms with Crippen LogP contribution in [0.1, 0.15) is 48.2 Å². The van der Waals surface area contributed by atoms with Crippen LogP contribution in [0.25, 0.3) is 0 Å². The lowest BCUT2D eigenvalue weighted by Gasteiger charge is -2.23. The number of carboxylic acid groups (broad SMARTS) is 1. The van der Waals surface area contributed by atoms with E-state index < -0.39 is 11.9 Å². The van der Waals surface area contributed by atoms with Gasteiger partial charge in [0.15, 0.2) is 0 Å². The minimum Gasteiger partial charge on any atom is -0.481 e. The van der Waals surface area contributed by atoms with E-state index in [0.717, 1.165) is 25.0 Å². The number of pyridine rings is 1. The molecule has 2 rings (SSSR count). The van der Waals surface area contributed by atoms with E-state index in [0.29, 0.717) is 17.9 Å². The summed E-state index contributed by atoms with van der Waals surface area (Å²) in [6.45, 7) is 1.79. The molecule has 1 aliphatic rings. The van der Waals surface area contributed by atoms with Crippen molar-refractivity contribution in [3.05, 3.63) is 28.5 Å². The number of carbonyl (C=O) groups is 2. The monoisotopic (exact) mass is 310 g/mol. The summed E-state index contributed by atoms with van der Waals surface area (Å²) in [6, 6.07) is 1.27. The summed E-state index contributed by atoms with van der Waals surface area (Å²) in [4.78, 5) is 27.7. The molecule has 114 valence electrons. The zero-order valence-electron chi connectivity index (χ0n) is 11.9. The van der Waals surface area contributed by atoms with Crippen LogP contribution in [0.5, 0.6) is 0 Å². The second-order valence-corrected chi connectivity index (χ2v) is 5.88. The number of amides is 1. The van der Waals surface area contributed by atoms with Crippen LogP contribution in [0.2, 0.25) is 5.02 Å². The lowest BCUT2D eigenvalue weighted by atomic mass is 9.94. The smallest absolute Gasteiger partial charge is 0.308 e. The van der Waals surface area contributed by atoms with E-state index in [-0.39, 0.29) is 17.5 Å². The van der Waals surface area contributed by atoms with Crippen LogP contribution in [-0.2, 0) is 4.79 Å². The highest BCUT2D eigenvalue weighted by atomic mass is 35.5. The predicted molar refractivity (Wildman–Crippen MR) is 79.4 cm³/mol. The molecule has 0 bridgehead atoms. The van der Waals surface area contributed by atoms with Gasteiger partial charge < -0.3 is 10.4 Å². The zero-order valence-corrected chi connectivity index (χ0v) is 12.7. The quantitative estimate of drug-likeness (QED) is 0.841. The fraction of sp³-hybridized carbons (Fsp3) is 0.533. The van der Waals surface area contributed by atoms with Crippen LogP contribution in [0.4, 0.5) is 0 Å². The van der Waals surface area contributed by atoms with Gasteiger partial charge in [0.05, 0.1) is 16.5 Å². The summed E-state index contributed by atoms with van der Waals surface area (Å²) >= 11 is 6.06. The molecule has 1 fully saturated rings. The highest BCUT2D eigenvalue weighted by Gasteiger charge is 2.31. The Kier molecular flexibility index (Phi) is 5.17. The topological polar surface area (TPSA) is 79.3 Å². The molecule has 0 spiro atoms. The molecular formula is C15H19ClN2O3. The number of nitrogens with zero attached hydrogens (tertiary/aromatic N) is 1. The lowest BCUT2D eigenvalue weighted by molar-refractivity contribution is -0.142. The standard InChI is InChI=1S/C15H19ClN2O3/c1-9-7-12(16)11(8-17-9)14(19)18-13-6-4-2-3-5-10(13)15(20)21/h7-8,10,13H,2-6H2,1H3,(H,18,19)(H,20,21). The Balaban J connectivity index is 2.14. The van der Waals surface area contributed by atoms with Crippen LogP contribution in [0.15, 0.2) is 12.3 Å². The van der Waals surface area contributed by atoms with E-state index in [9.17, 15) is 14.7 Å². The molecule has 5 nitrogen and oxygen atoms in total. The highest BCUT2D eigenvalue weighted by Crippen LogP contribution is 2.25. The lowest BCUT2D eigenvalue weighted by Crippen LogP contribution is -2.43. The minimum atomic E-state index is -0.852. The molecule has 6 heteroatoms. The number of halogens is 1. The molecule has 1 aromatic heterocycles. The molecule has 1 heterocycles. The van der Waals surface area contributed by atoms with Gasteiger partial charge in [0.2, 0.25) is 0 Å².